The molecular weight excluding hydrogens is 555 g/mol. The summed E-state index contributed by atoms with van der Waals surface area (Å²) >= 11 is 7.67. The third kappa shape index (κ3) is 4.73. The minimum atomic E-state index is -0.431. The first kappa shape index (κ1) is 25.7. The monoisotopic (exact) mass is 578 g/mol. The average molecular weight is 579 g/mol. The molecule has 1 aromatic heterocycles. The van der Waals surface area contributed by atoms with E-state index in [1.54, 1.807) is 10.6 Å². The minimum Gasteiger partial charge on any atom is -0.488 e. The largest absolute Gasteiger partial charge is 0.488 e. The van der Waals surface area contributed by atoms with Gasteiger partial charge in [0.05, 0.1) is 16.3 Å². The van der Waals surface area contributed by atoms with Crippen LogP contribution < -0.4 is 19.6 Å². The van der Waals surface area contributed by atoms with Gasteiger partial charge < -0.3 is 4.74 Å². The predicted octanol–water partition coefficient (Wildman–Crippen LogP) is 6.69. The zero-order valence-electron chi connectivity index (χ0n) is 21.9. The maximum absolute atomic E-state index is 14.5. The average Bonchev–Trinajstić information content (AvgIpc) is 3.30. The van der Waals surface area contributed by atoms with E-state index in [1.165, 1.54) is 29.0 Å². The van der Waals surface area contributed by atoms with Crippen LogP contribution in [0.4, 0.5) is 4.39 Å². The number of hydrogen-bond donors (Lipinski definition) is 0. The maximum atomic E-state index is 14.5. The van der Waals surface area contributed by atoms with Crippen molar-refractivity contribution < 1.29 is 9.13 Å². The first-order valence-corrected chi connectivity index (χ1v) is 14.6. The van der Waals surface area contributed by atoms with Gasteiger partial charge in [-0.05, 0) is 59.9 Å². The van der Waals surface area contributed by atoms with Gasteiger partial charge in [0.2, 0.25) is 0 Å². The Morgan fingerprint density at radius 2 is 1.78 bits per heavy atom. The number of ether oxygens (including phenoxy) is 1. The molecule has 4 nitrogen and oxygen atoms in total. The number of rotatable bonds is 5. The standard InChI is InChI=1S/C34H24ClFN2O2S/c35-28-14-5-2-10-24(28)20-40-29-15-6-3-9-22(29)19-30-33(39)38-32(23-11-7-12-25(36)18-23)27-17-16-21-8-1-4-13-26(21)31(27)37-34(38)41-30/h1-15,18-19,32H,16-17,20H2/t32-/m1/s1. The molecule has 0 fully saturated rings. The van der Waals surface area contributed by atoms with Crippen molar-refractivity contribution in [3.8, 4) is 5.75 Å². The Kier molecular flexibility index (Phi) is 6.65. The fourth-order valence-electron chi connectivity index (χ4n) is 5.64. The molecule has 0 unspecified atom stereocenters. The third-order valence-corrected chi connectivity index (χ3v) is 8.94. The van der Waals surface area contributed by atoms with Crippen molar-refractivity contribution in [3.05, 3.63) is 161 Å². The number of thiazole rings is 1. The second-order valence-corrected chi connectivity index (χ2v) is 11.5. The summed E-state index contributed by atoms with van der Waals surface area (Å²) in [7, 11) is 0. The van der Waals surface area contributed by atoms with Gasteiger partial charge in [-0.2, -0.15) is 0 Å². The molecule has 1 aliphatic carbocycles. The van der Waals surface area contributed by atoms with Crippen molar-refractivity contribution in [2.24, 2.45) is 4.99 Å². The van der Waals surface area contributed by atoms with Crippen LogP contribution >= 0.6 is 22.9 Å². The lowest BCUT2D eigenvalue weighted by molar-refractivity contribution is 0.305. The molecular formula is C34H24ClFN2O2S. The van der Waals surface area contributed by atoms with Crippen LogP contribution in [-0.4, -0.2) is 4.57 Å². The highest BCUT2D eigenvalue weighted by Gasteiger charge is 2.32. The van der Waals surface area contributed by atoms with Gasteiger partial charge in [0.1, 0.15) is 18.2 Å². The smallest absolute Gasteiger partial charge is 0.271 e. The van der Waals surface area contributed by atoms with Crippen molar-refractivity contribution in [3.63, 3.8) is 0 Å². The maximum Gasteiger partial charge on any atom is 0.271 e. The zero-order valence-corrected chi connectivity index (χ0v) is 23.5. The summed E-state index contributed by atoms with van der Waals surface area (Å²) < 4.78 is 22.9. The quantitative estimate of drug-likeness (QED) is 0.233. The van der Waals surface area contributed by atoms with Crippen molar-refractivity contribution in [2.75, 3.05) is 0 Å². The Bertz CT molecular complexity index is 2030. The highest BCUT2D eigenvalue weighted by molar-refractivity contribution is 7.07. The molecule has 7 rings (SSSR count). The third-order valence-electron chi connectivity index (χ3n) is 7.58. The molecule has 0 saturated heterocycles. The Balaban J connectivity index is 1.37. The van der Waals surface area contributed by atoms with Crippen LogP contribution in [0.3, 0.4) is 0 Å². The second-order valence-electron chi connectivity index (χ2n) is 10.1. The fraction of sp³-hybridized carbons (Fsp3) is 0.118. The molecule has 1 aliphatic heterocycles. The van der Waals surface area contributed by atoms with E-state index in [4.69, 9.17) is 21.3 Å². The lowest BCUT2D eigenvalue weighted by Gasteiger charge is -2.30. The molecule has 202 valence electrons. The summed E-state index contributed by atoms with van der Waals surface area (Å²) in [6, 6.07) is 29.5. The van der Waals surface area contributed by atoms with Gasteiger partial charge in [0.15, 0.2) is 4.80 Å². The molecule has 5 aromatic rings. The highest BCUT2D eigenvalue weighted by Crippen LogP contribution is 2.41. The highest BCUT2D eigenvalue weighted by atomic mass is 35.5. The first-order valence-electron chi connectivity index (χ1n) is 13.4. The van der Waals surface area contributed by atoms with Gasteiger partial charge in [-0.25, -0.2) is 9.38 Å². The van der Waals surface area contributed by atoms with E-state index in [9.17, 15) is 9.18 Å². The fourth-order valence-corrected chi connectivity index (χ4v) is 6.82. The summed E-state index contributed by atoms with van der Waals surface area (Å²) in [4.78, 5) is 19.7. The number of fused-ring (bicyclic) bond motifs is 3. The molecule has 0 radical (unpaired) electrons. The van der Waals surface area contributed by atoms with Gasteiger partial charge in [0.25, 0.3) is 5.56 Å². The number of nitrogens with zero attached hydrogens (tertiary/aromatic N) is 2. The number of aromatic nitrogens is 1. The normalized spacial score (nSPS) is 16.0. The van der Waals surface area contributed by atoms with E-state index in [-0.39, 0.29) is 11.4 Å². The summed E-state index contributed by atoms with van der Waals surface area (Å²) in [5.41, 5.74) is 6.47. The number of hydrogen-bond acceptors (Lipinski definition) is 4. The molecule has 0 saturated carbocycles. The number of benzene rings is 4. The van der Waals surface area contributed by atoms with E-state index >= 15 is 0 Å². The van der Waals surface area contributed by atoms with Crippen LogP contribution in [0.2, 0.25) is 5.02 Å². The van der Waals surface area contributed by atoms with Crippen LogP contribution in [0.1, 0.15) is 40.3 Å². The molecule has 0 N–H and O–H groups in total. The van der Waals surface area contributed by atoms with E-state index in [2.05, 4.69) is 12.1 Å². The number of allylic oxidation sites excluding steroid dienone is 1. The van der Waals surface area contributed by atoms with Gasteiger partial charge in [-0.1, -0.05) is 95.7 Å². The van der Waals surface area contributed by atoms with E-state index in [0.717, 1.165) is 46.4 Å². The number of aryl methyl sites for hydroxylation is 1. The minimum absolute atomic E-state index is 0.158. The molecule has 41 heavy (non-hydrogen) atoms. The Hall–Kier alpha value is -4.26. The molecule has 2 heterocycles. The van der Waals surface area contributed by atoms with Crippen LogP contribution in [0.25, 0.3) is 11.8 Å². The van der Waals surface area contributed by atoms with E-state index < -0.39 is 6.04 Å². The molecule has 0 amide bonds. The van der Waals surface area contributed by atoms with Crippen LogP contribution in [0.5, 0.6) is 5.75 Å². The summed E-state index contributed by atoms with van der Waals surface area (Å²) in [6.45, 7) is 0.303. The lowest BCUT2D eigenvalue weighted by atomic mass is 9.83. The number of para-hydroxylation sites is 1. The predicted molar refractivity (Wildman–Crippen MR) is 161 cm³/mol. The van der Waals surface area contributed by atoms with Crippen LogP contribution in [0, 0.1) is 5.82 Å². The molecule has 0 bridgehead atoms. The SMILES string of the molecule is O=c1c(=Cc2ccccc2OCc2ccccc2Cl)sc2n1[C@H](c1cccc(F)c1)C1=C(N=2)c2ccccc2CC1. The Morgan fingerprint density at radius 1 is 0.976 bits per heavy atom. The first-order chi connectivity index (χ1) is 20.1. The van der Waals surface area contributed by atoms with Crippen molar-refractivity contribution in [2.45, 2.75) is 25.5 Å². The van der Waals surface area contributed by atoms with E-state index in [1.807, 2.05) is 72.8 Å². The molecule has 0 spiro atoms. The van der Waals surface area contributed by atoms with Gasteiger partial charge in [-0.15, -0.1) is 0 Å². The zero-order chi connectivity index (χ0) is 27.9. The molecule has 7 heteroatoms. The topological polar surface area (TPSA) is 43.6 Å². The second kappa shape index (κ2) is 10.6. The van der Waals surface area contributed by atoms with E-state index in [0.29, 0.717) is 26.7 Å². The number of halogens is 2. The molecule has 2 aliphatic rings. The lowest BCUT2D eigenvalue weighted by Crippen LogP contribution is -2.38. The molecule has 4 aromatic carbocycles. The summed E-state index contributed by atoms with van der Waals surface area (Å²) in [5.74, 6) is 0.317. The van der Waals surface area contributed by atoms with Crippen molar-refractivity contribution in [1.82, 2.24) is 4.57 Å². The Labute approximate surface area is 245 Å². The summed E-state index contributed by atoms with van der Waals surface area (Å²) in [5, 5.41) is 0.640. The molecule has 1 atom stereocenters. The van der Waals surface area contributed by atoms with Crippen molar-refractivity contribution in [1.29, 1.82) is 0 Å². The van der Waals surface area contributed by atoms with Gasteiger partial charge >= 0.3 is 0 Å². The van der Waals surface area contributed by atoms with Gasteiger partial charge in [-0.3, -0.25) is 9.36 Å². The summed E-state index contributed by atoms with van der Waals surface area (Å²) in [6.07, 6.45) is 3.45. The Morgan fingerprint density at radius 3 is 2.66 bits per heavy atom. The van der Waals surface area contributed by atoms with Crippen LogP contribution in [-0.2, 0) is 13.0 Å². The van der Waals surface area contributed by atoms with Crippen LogP contribution in [0.15, 0.2) is 112 Å². The van der Waals surface area contributed by atoms with Crippen molar-refractivity contribution >= 4 is 34.7 Å². The van der Waals surface area contributed by atoms with Gasteiger partial charge in [0, 0.05) is 21.7 Å².